The van der Waals surface area contributed by atoms with E-state index in [2.05, 4.69) is 16.0 Å². The van der Waals surface area contributed by atoms with Crippen LogP contribution < -0.4 is 16.0 Å². The molecule has 2 aliphatic rings. The minimum atomic E-state index is -0.106. The molecule has 2 unspecified atom stereocenters. The van der Waals surface area contributed by atoms with Crippen LogP contribution in [0.1, 0.15) is 36.5 Å². The lowest BCUT2D eigenvalue weighted by atomic mass is 10.0. The van der Waals surface area contributed by atoms with Crippen molar-refractivity contribution in [2.75, 3.05) is 11.9 Å². The molecule has 112 valence electrons. The molecule has 1 aromatic rings. The lowest BCUT2D eigenvalue weighted by molar-refractivity contribution is -0.120. The monoisotopic (exact) mass is 287 g/mol. The van der Waals surface area contributed by atoms with Crippen LogP contribution in [-0.2, 0) is 4.79 Å². The number of amides is 2. The summed E-state index contributed by atoms with van der Waals surface area (Å²) in [7, 11) is 0. The van der Waals surface area contributed by atoms with Crippen LogP contribution in [-0.4, -0.2) is 30.4 Å². The molecular formula is C16H21N3O2. The molecule has 2 amide bonds. The number of rotatable bonds is 4. The SMILES string of the molecule is CC1NCCC1C(=O)Nc1ccccc1C(=O)NC1CC1. The summed E-state index contributed by atoms with van der Waals surface area (Å²) in [6.07, 6.45) is 2.93. The Balaban J connectivity index is 1.72. The van der Waals surface area contributed by atoms with Crippen molar-refractivity contribution in [3.63, 3.8) is 0 Å². The summed E-state index contributed by atoms with van der Waals surface area (Å²) in [5.74, 6) is -0.158. The van der Waals surface area contributed by atoms with E-state index in [1.807, 2.05) is 19.1 Å². The molecule has 1 aromatic carbocycles. The lowest BCUT2D eigenvalue weighted by Crippen LogP contribution is -2.33. The minimum absolute atomic E-state index is 0.0147. The number of hydrogen-bond donors (Lipinski definition) is 3. The van der Waals surface area contributed by atoms with E-state index in [0.29, 0.717) is 17.3 Å². The molecule has 5 nitrogen and oxygen atoms in total. The Morgan fingerprint density at radius 3 is 2.62 bits per heavy atom. The highest BCUT2D eigenvalue weighted by molar-refractivity contribution is 6.04. The van der Waals surface area contributed by atoms with Gasteiger partial charge in [-0.1, -0.05) is 12.1 Å². The molecule has 5 heteroatoms. The average Bonchev–Trinajstić information content (AvgIpc) is 3.17. The number of nitrogens with one attached hydrogen (secondary N) is 3. The van der Waals surface area contributed by atoms with E-state index in [-0.39, 0.29) is 23.8 Å². The van der Waals surface area contributed by atoms with Crippen molar-refractivity contribution in [3.05, 3.63) is 29.8 Å². The largest absolute Gasteiger partial charge is 0.349 e. The van der Waals surface area contributed by atoms with Gasteiger partial charge >= 0.3 is 0 Å². The molecule has 0 aromatic heterocycles. The molecule has 1 aliphatic heterocycles. The van der Waals surface area contributed by atoms with Gasteiger partial charge in [0, 0.05) is 12.1 Å². The van der Waals surface area contributed by atoms with E-state index in [4.69, 9.17) is 0 Å². The molecule has 1 heterocycles. The average molecular weight is 287 g/mol. The standard InChI is InChI=1S/C16H21N3O2/c1-10-12(8-9-17-10)15(20)19-14-5-3-2-4-13(14)16(21)18-11-6-7-11/h2-5,10-12,17H,6-9H2,1H3,(H,18,21)(H,19,20). The zero-order chi connectivity index (χ0) is 14.8. The predicted molar refractivity (Wildman–Crippen MR) is 81.1 cm³/mol. The molecule has 21 heavy (non-hydrogen) atoms. The van der Waals surface area contributed by atoms with Crippen LogP contribution >= 0.6 is 0 Å². The first-order valence-corrected chi connectivity index (χ1v) is 7.59. The molecule has 1 saturated heterocycles. The van der Waals surface area contributed by atoms with Gasteiger partial charge in [-0.3, -0.25) is 9.59 Å². The highest BCUT2D eigenvalue weighted by Gasteiger charge is 2.30. The fourth-order valence-electron chi connectivity index (χ4n) is 2.72. The maximum atomic E-state index is 12.4. The van der Waals surface area contributed by atoms with Crippen LogP contribution in [0.15, 0.2) is 24.3 Å². The van der Waals surface area contributed by atoms with Gasteiger partial charge in [-0.25, -0.2) is 0 Å². The van der Waals surface area contributed by atoms with Crippen molar-refractivity contribution in [1.82, 2.24) is 10.6 Å². The summed E-state index contributed by atoms with van der Waals surface area (Å²) >= 11 is 0. The van der Waals surface area contributed by atoms with Crippen LogP contribution in [0.5, 0.6) is 0 Å². The molecule has 3 N–H and O–H groups in total. The lowest BCUT2D eigenvalue weighted by Gasteiger charge is -2.16. The summed E-state index contributed by atoms with van der Waals surface area (Å²) in [4.78, 5) is 24.6. The van der Waals surface area contributed by atoms with Crippen LogP contribution in [0.3, 0.4) is 0 Å². The third-order valence-corrected chi connectivity index (χ3v) is 4.20. The molecular weight excluding hydrogens is 266 g/mol. The van der Waals surface area contributed by atoms with Gasteiger partial charge in [-0.15, -0.1) is 0 Å². The van der Waals surface area contributed by atoms with Gasteiger partial charge in [0.1, 0.15) is 0 Å². The second kappa shape index (κ2) is 5.85. The van der Waals surface area contributed by atoms with Crippen molar-refractivity contribution in [2.24, 2.45) is 5.92 Å². The number of carbonyl (C=O) groups excluding carboxylic acids is 2. The summed E-state index contributed by atoms with van der Waals surface area (Å²) in [5, 5.41) is 9.15. The molecule has 0 radical (unpaired) electrons. The Morgan fingerprint density at radius 2 is 1.95 bits per heavy atom. The Kier molecular flexibility index (Phi) is 3.92. The first kappa shape index (κ1) is 14.1. The fourth-order valence-corrected chi connectivity index (χ4v) is 2.72. The zero-order valence-corrected chi connectivity index (χ0v) is 12.2. The van der Waals surface area contributed by atoms with E-state index in [1.54, 1.807) is 12.1 Å². The second-order valence-corrected chi connectivity index (χ2v) is 5.92. The number of anilines is 1. The molecule has 2 fully saturated rings. The summed E-state index contributed by atoms with van der Waals surface area (Å²) < 4.78 is 0. The molecule has 3 rings (SSSR count). The smallest absolute Gasteiger partial charge is 0.253 e. The van der Waals surface area contributed by atoms with Crippen molar-refractivity contribution < 1.29 is 9.59 Å². The van der Waals surface area contributed by atoms with Crippen molar-refractivity contribution in [2.45, 2.75) is 38.3 Å². The number of hydrogen-bond acceptors (Lipinski definition) is 3. The molecule has 0 spiro atoms. The summed E-state index contributed by atoms with van der Waals surface area (Å²) in [5.41, 5.74) is 1.14. The van der Waals surface area contributed by atoms with Gasteiger partial charge in [0.25, 0.3) is 5.91 Å². The van der Waals surface area contributed by atoms with Gasteiger partial charge in [0.05, 0.1) is 17.2 Å². The number of para-hydroxylation sites is 1. The van der Waals surface area contributed by atoms with E-state index in [0.717, 1.165) is 25.8 Å². The molecule has 1 saturated carbocycles. The fraction of sp³-hybridized carbons (Fsp3) is 0.500. The third kappa shape index (κ3) is 3.24. The maximum absolute atomic E-state index is 12.4. The van der Waals surface area contributed by atoms with Crippen molar-refractivity contribution in [3.8, 4) is 0 Å². The Bertz CT molecular complexity index is 554. The van der Waals surface area contributed by atoms with Crippen LogP contribution in [0.2, 0.25) is 0 Å². The topological polar surface area (TPSA) is 70.2 Å². The minimum Gasteiger partial charge on any atom is -0.349 e. The maximum Gasteiger partial charge on any atom is 0.253 e. The number of carbonyl (C=O) groups is 2. The predicted octanol–water partition coefficient (Wildman–Crippen LogP) is 1.52. The van der Waals surface area contributed by atoms with E-state index < -0.39 is 0 Å². The highest BCUT2D eigenvalue weighted by atomic mass is 16.2. The Labute approximate surface area is 124 Å². The van der Waals surface area contributed by atoms with E-state index in [1.165, 1.54) is 0 Å². The van der Waals surface area contributed by atoms with Crippen LogP contribution in [0, 0.1) is 5.92 Å². The zero-order valence-electron chi connectivity index (χ0n) is 12.2. The first-order valence-electron chi connectivity index (χ1n) is 7.59. The van der Waals surface area contributed by atoms with Crippen molar-refractivity contribution in [1.29, 1.82) is 0 Å². The van der Waals surface area contributed by atoms with Gasteiger partial charge in [-0.2, -0.15) is 0 Å². The highest BCUT2D eigenvalue weighted by Crippen LogP contribution is 2.23. The Morgan fingerprint density at radius 1 is 1.19 bits per heavy atom. The van der Waals surface area contributed by atoms with Gasteiger partial charge in [0.15, 0.2) is 0 Å². The third-order valence-electron chi connectivity index (χ3n) is 4.20. The number of benzene rings is 1. The van der Waals surface area contributed by atoms with Crippen LogP contribution in [0.25, 0.3) is 0 Å². The summed E-state index contributed by atoms with van der Waals surface area (Å²) in [6, 6.07) is 7.67. The molecule has 0 bridgehead atoms. The quantitative estimate of drug-likeness (QED) is 0.786. The normalized spacial score (nSPS) is 24.6. The van der Waals surface area contributed by atoms with E-state index in [9.17, 15) is 9.59 Å². The Hall–Kier alpha value is -1.88. The van der Waals surface area contributed by atoms with Gasteiger partial charge < -0.3 is 16.0 Å². The molecule has 1 aliphatic carbocycles. The van der Waals surface area contributed by atoms with Crippen LogP contribution in [0.4, 0.5) is 5.69 Å². The second-order valence-electron chi connectivity index (χ2n) is 5.92. The van der Waals surface area contributed by atoms with Crippen molar-refractivity contribution >= 4 is 17.5 Å². The summed E-state index contributed by atoms with van der Waals surface area (Å²) in [6.45, 7) is 2.88. The van der Waals surface area contributed by atoms with Gasteiger partial charge in [0.2, 0.25) is 5.91 Å². The first-order chi connectivity index (χ1) is 10.1. The van der Waals surface area contributed by atoms with Gasteiger partial charge in [-0.05, 0) is 44.9 Å². The molecule has 2 atom stereocenters. The van der Waals surface area contributed by atoms with E-state index >= 15 is 0 Å².